The van der Waals surface area contributed by atoms with Gasteiger partial charge in [-0.05, 0) is 110 Å². The van der Waals surface area contributed by atoms with Gasteiger partial charge >= 0.3 is 5.97 Å². The van der Waals surface area contributed by atoms with E-state index in [2.05, 4.69) is 40.0 Å². The van der Waals surface area contributed by atoms with Crippen molar-refractivity contribution in [2.75, 3.05) is 18.0 Å². The molecule has 0 amide bonds. The first kappa shape index (κ1) is 26.6. The van der Waals surface area contributed by atoms with Crippen molar-refractivity contribution in [1.82, 2.24) is 10.9 Å². The second-order valence-corrected chi connectivity index (χ2v) is 12.3. The molecule has 1 saturated carbocycles. The number of nitrogens with one attached hydrogen (secondary N) is 2. The summed E-state index contributed by atoms with van der Waals surface area (Å²) in [4.78, 5) is 13.6. The van der Waals surface area contributed by atoms with Crippen LogP contribution in [-0.4, -0.2) is 36.2 Å². The smallest absolute Gasteiger partial charge is 0.335 e. The Bertz CT molecular complexity index is 1230. The van der Waals surface area contributed by atoms with Crippen LogP contribution in [0.2, 0.25) is 10.0 Å². The molecule has 3 aromatic carbocycles. The minimum Gasteiger partial charge on any atom is -0.478 e. The van der Waals surface area contributed by atoms with Gasteiger partial charge in [0.1, 0.15) is 0 Å². The SMILES string of the molecule is O=C(O)c1ccc(N2CCC(C3NNC4CCC(C(c5ccc(Cl)cc5)c5ccc(Cl)cc5)CC43)CC2)cc1. The number of hydrogen-bond donors (Lipinski definition) is 3. The van der Waals surface area contributed by atoms with Crippen molar-refractivity contribution in [3.05, 3.63) is 99.5 Å². The van der Waals surface area contributed by atoms with E-state index in [1.54, 1.807) is 12.1 Å². The van der Waals surface area contributed by atoms with E-state index in [9.17, 15) is 9.90 Å². The van der Waals surface area contributed by atoms with Gasteiger partial charge in [-0.25, -0.2) is 4.79 Å². The highest BCUT2D eigenvalue weighted by molar-refractivity contribution is 6.30. The first-order valence-electron chi connectivity index (χ1n) is 14.1. The minimum atomic E-state index is -0.880. The number of hydrazine groups is 1. The van der Waals surface area contributed by atoms with E-state index in [0.717, 1.165) is 41.7 Å². The highest BCUT2D eigenvalue weighted by atomic mass is 35.5. The average molecular weight is 565 g/mol. The molecule has 3 aromatic rings. The summed E-state index contributed by atoms with van der Waals surface area (Å²) in [6.07, 6.45) is 5.80. The van der Waals surface area contributed by atoms with Gasteiger partial charge in [0.05, 0.1) is 5.56 Å². The number of hydrogen-bond acceptors (Lipinski definition) is 4. The molecule has 2 aliphatic heterocycles. The third-order valence-electron chi connectivity index (χ3n) is 9.29. The predicted molar refractivity (Wildman–Crippen MR) is 158 cm³/mol. The maximum Gasteiger partial charge on any atom is 0.335 e. The molecule has 2 heterocycles. The topological polar surface area (TPSA) is 64.6 Å². The standard InChI is InChI=1S/C32H35Cl2N3O2/c33-25-8-1-20(2-9-25)30(21-3-10-26(34)11-4-21)24-7-14-29-28(19-24)31(36-35-29)22-15-17-37(18-16-22)27-12-5-23(6-13-27)32(38)39/h1-6,8-13,22,24,28-31,35-36H,7,14-19H2,(H,38,39). The number of halogens is 2. The molecule has 0 bridgehead atoms. The van der Waals surface area contributed by atoms with E-state index in [4.69, 9.17) is 23.2 Å². The van der Waals surface area contributed by atoms with Gasteiger partial charge < -0.3 is 10.0 Å². The zero-order valence-electron chi connectivity index (χ0n) is 21.9. The number of carboxylic acid groups (broad SMARTS) is 1. The number of aromatic carboxylic acids is 1. The monoisotopic (exact) mass is 563 g/mol. The molecule has 2 saturated heterocycles. The van der Waals surface area contributed by atoms with E-state index < -0.39 is 5.97 Å². The average Bonchev–Trinajstić information content (AvgIpc) is 3.39. The summed E-state index contributed by atoms with van der Waals surface area (Å²) in [5.74, 6) is 1.19. The van der Waals surface area contributed by atoms with Crippen molar-refractivity contribution in [2.24, 2.45) is 17.8 Å². The predicted octanol–water partition coefficient (Wildman–Crippen LogP) is 7.00. The first-order chi connectivity index (χ1) is 19.0. The summed E-state index contributed by atoms with van der Waals surface area (Å²) in [5.41, 5.74) is 11.5. The molecule has 4 unspecified atom stereocenters. The van der Waals surface area contributed by atoms with Crippen molar-refractivity contribution in [2.45, 2.75) is 50.1 Å². The number of nitrogens with zero attached hydrogens (tertiary/aromatic N) is 1. The molecule has 0 spiro atoms. The molecule has 4 atom stereocenters. The summed E-state index contributed by atoms with van der Waals surface area (Å²) in [6, 6.07) is 25.1. The number of carbonyl (C=O) groups is 1. The Morgan fingerprint density at radius 3 is 1.95 bits per heavy atom. The Morgan fingerprint density at radius 2 is 1.38 bits per heavy atom. The number of carboxylic acids is 1. The summed E-state index contributed by atoms with van der Waals surface area (Å²) in [5, 5.41) is 10.7. The number of anilines is 1. The van der Waals surface area contributed by atoms with E-state index in [1.807, 2.05) is 36.4 Å². The second kappa shape index (κ2) is 11.5. The quantitative estimate of drug-likeness (QED) is 0.301. The van der Waals surface area contributed by atoms with Crippen molar-refractivity contribution in [3.8, 4) is 0 Å². The first-order valence-corrected chi connectivity index (χ1v) is 14.8. The van der Waals surface area contributed by atoms with Gasteiger partial charge in [0.15, 0.2) is 0 Å². The van der Waals surface area contributed by atoms with Gasteiger partial charge in [-0.1, -0.05) is 47.5 Å². The fourth-order valence-electron chi connectivity index (χ4n) is 7.30. The Morgan fingerprint density at radius 1 is 0.795 bits per heavy atom. The van der Waals surface area contributed by atoms with Crippen LogP contribution >= 0.6 is 23.2 Å². The number of fused-ring (bicyclic) bond motifs is 1. The van der Waals surface area contributed by atoms with E-state index >= 15 is 0 Å². The van der Waals surface area contributed by atoms with Crippen molar-refractivity contribution < 1.29 is 9.90 Å². The molecule has 0 radical (unpaired) electrons. The zero-order valence-corrected chi connectivity index (χ0v) is 23.4. The summed E-state index contributed by atoms with van der Waals surface area (Å²) in [7, 11) is 0. The van der Waals surface area contributed by atoms with E-state index in [-0.39, 0.29) is 0 Å². The van der Waals surface area contributed by atoms with E-state index in [0.29, 0.717) is 41.3 Å². The molecule has 5 nitrogen and oxygen atoms in total. The van der Waals surface area contributed by atoms with Crippen molar-refractivity contribution in [3.63, 3.8) is 0 Å². The second-order valence-electron chi connectivity index (χ2n) is 11.4. The van der Waals surface area contributed by atoms with Crippen LogP contribution in [0, 0.1) is 17.8 Å². The molecule has 3 fully saturated rings. The van der Waals surface area contributed by atoms with Crippen LogP contribution in [0.3, 0.4) is 0 Å². The Balaban J connectivity index is 1.16. The molecule has 3 aliphatic rings. The van der Waals surface area contributed by atoms with Gasteiger partial charge in [0.2, 0.25) is 0 Å². The van der Waals surface area contributed by atoms with Crippen LogP contribution in [0.1, 0.15) is 59.5 Å². The molecule has 39 heavy (non-hydrogen) atoms. The Labute approximate surface area is 240 Å². The van der Waals surface area contributed by atoms with E-state index in [1.165, 1.54) is 30.4 Å². The summed E-state index contributed by atoms with van der Waals surface area (Å²) in [6.45, 7) is 1.99. The fraction of sp³-hybridized carbons (Fsp3) is 0.406. The van der Waals surface area contributed by atoms with Crippen molar-refractivity contribution in [1.29, 1.82) is 0 Å². The Kier molecular flexibility index (Phi) is 7.86. The van der Waals surface area contributed by atoms with Gasteiger partial charge in [0.25, 0.3) is 0 Å². The molecule has 3 N–H and O–H groups in total. The lowest BCUT2D eigenvalue weighted by atomic mass is 9.66. The third-order valence-corrected chi connectivity index (χ3v) is 9.80. The maximum atomic E-state index is 11.2. The molecular formula is C32H35Cl2N3O2. The van der Waals surface area contributed by atoms with Gasteiger partial charge in [-0.15, -0.1) is 0 Å². The lowest BCUT2D eigenvalue weighted by Gasteiger charge is -2.41. The number of piperidine rings is 1. The normalized spacial score (nSPS) is 25.6. The fourth-order valence-corrected chi connectivity index (χ4v) is 7.56. The van der Waals surface area contributed by atoms with Crippen LogP contribution in [0.25, 0.3) is 0 Å². The minimum absolute atomic E-state index is 0.317. The Hall–Kier alpha value is -2.57. The number of benzene rings is 3. The van der Waals surface area contributed by atoms with Gasteiger partial charge in [-0.2, -0.15) is 0 Å². The lowest BCUT2D eigenvalue weighted by molar-refractivity contribution is 0.0697. The van der Waals surface area contributed by atoms with Crippen LogP contribution in [0.5, 0.6) is 0 Å². The number of rotatable bonds is 6. The van der Waals surface area contributed by atoms with Gasteiger partial charge in [0, 0.05) is 46.8 Å². The van der Waals surface area contributed by atoms with Crippen LogP contribution in [0.4, 0.5) is 5.69 Å². The molecule has 0 aromatic heterocycles. The highest BCUT2D eigenvalue weighted by Gasteiger charge is 2.45. The highest BCUT2D eigenvalue weighted by Crippen LogP contribution is 2.46. The third kappa shape index (κ3) is 5.69. The van der Waals surface area contributed by atoms with Gasteiger partial charge in [-0.3, -0.25) is 10.9 Å². The van der Waals surface area contributed by atoms with Crippen molar-refractivity contribution >= 4 is 34.9 Å². The molecule has 7 heteroatoms. The largest absolute Gasteiger partial charge is 0.478 e. The van der Waals surface area contributed by atoms with Crippen LogP contribution < -0.4 is 15.8 Å². The molecule has 6 rings (SSSR count). The maximum absolute atomic E-state index is 11.2. The molecule has 1 aliphatic carbocycles. The summed E-state index contributed by atoms with van der Waals surface area (Å²) < 4.78 is 0. The molecular weight excluding hydrogens is 529 g/mol. The zero-order chi connectivity index (χ0) is 26.9. The molecule has 204 valence electrons. The van der Waals surface area contributed by atoms with Crippen LogP contribution in [0.15, 0.2) is 72.8 Å². The summed E-state index contributed by atoms with van der Waals surface area (Å²) >= 11 is 12.5. The van der Waals surface area contributed by atoms with Crippen LogP contribution in [-0.2, 0) is 0 Å². The lowest BCUT2D eigenvalue weighted by Crippen LogP contribution is -2.45.